The first-order valence-corrected chi connectivity index (χ1v) is 15.6. The fraction of sp³-hybridized carbons (Fsp3) is 0.0526. The summed E-state index contributed by atoms with van der Waals surface area (Å²) in [5.74, 6) is -6.19. The lowest BCUT2D eigenvalue weighted by molar-refractivity contribution is -0.138. The number of carbonyl (C=O) groups excluding carboxylic acids is 2. The smallest absolute Gasteiger partial charge is 0.416 e. The minimum atomic E-state index is -4.57. The van der Waals surface area contributed by atoms with Gasteiger partial charge in [0.2, 0.25) is 11.8 Å². The summed E-state index contributed by atoms with van der Waals surface area (Å²) in [6.45, 7) is 0. The van der Waals surface area contributed by atoms with Gasteiger partial charge in [0.25, 0.3) is 11.8 Å². The van der Waals surface area contributed by atoms with E-state index in [0.717, 1.165) is 60.7 Å². The van der Waals surface area contributed by atoms with Gasteiger partial charge in [0.05, 0.1) is 22.5 Å². The van der Waals surface area contributed by atoms with Crippen LogP contribution in [-0.4, -0.2) is 21.8 Å². The fourth-order valence-corrected chi connectivity index (χ4v) is 4.55. The monoisotopic (exact) mass is 788 g/mol. The molecule has 0 bridgehead atoms. The number of halogens is 10. The van der Waals surface area contributed by atoms with Crippen LogP contribution in [0.1, 0.15) is 31.8 Å². The molecule has 0 saturated heterocycles. The Labute approximate surface area is 309 Å². The minimum absolute atomic E-state index is 0.149. The number of carbonyl (C=O) groups is 2. The second kappa shape index (κ2) is 17.0. The van der Waals surface area contributed by atoms with Gasteiger partial charge in [-0.3, -0.25) is 9.59 Å². The second-order valence-electron chi connectivity index (χ2n) is 11.1. The van der Waals surface area contributed by atoms with Crippen LogP contribution in [0.2, 0.25) is 0 Å². The van der Waals surface area contributed by atoms with Gasteiger partial charge in [0, 0.05) is 24.5 Å². The molecule has 18 heteroatoms. The van der Waals surface area contributed by atoms with Crippen molar-refractivity contribution in [3.8, 4) is 23.3 Å². The molecule has 0 radical (unpaired) electrons. The van der Waals surface area contributed by atoms with Gasteiger partial charge in [0.15, 0.2) is 0 Å². The highest BCUT2D eigenvalue weighted by Gasteiger charge is 2.32. The fourth-order valence-electron chi connectivity index (χ4n) is 4.55. The molecule has 0 aliphatic carbocycles. The van der Waals surface area contributed by atoms with Crippen molar-refractivity contribution in [2.24, 2.45) is 0 Å². The summed E-state index contributed by atoms with van der Waals surface area (Å²) >= 11 is 0. The largest absolute Gasteiger partial charge is 0.438 e. The molecule has 4 aromatic carbocycles. The molecule has 56 heavy (non-hydrogen) atoms. The Bertz CT molecular complexity index is 2210. The molecule has 2 amide bonds. The summed E-state index contributed by atoms with van der Waals surface area (Å²) in [6.07, 6.45) is -6.58. The average Bonchev–Trinajstić information content (AvgIpc) is 3.14. The number of hydrogen-bond acceptors (Lipinski definition) is 6. The normalized spacial score (nSPS) is 11.2. The second-order valence-corrected chi connectivity index (χ2v) is 11.1. The zero-order valence-electron chi connectivity index (χ0n) is 27.9. The number of nitrogens with zero attached hydrogens (tertiary/aromatic N) is 2. The van der Waals surface area contributed by atoms with E-state index in [0.29, 0.717) is 12.1 Å². The Balaban J connectivity index is 0.000000214. The van der Waals surface area contributed by atoms with Crippen molar-refractivity contribution in [1.82, 2.24) is 9.97 Å². The van der Waals surface area contributed by atoms with E-state index in [9.17, 15) is 53.5 Å². The highest BCUT2D eigenvalue weighted by atomic mass is 19.4. The first kappa shape index (κ1) is 40.2. The molecule has 2 N–H and O–H groups in total. The summed E-state index contributed by atoms with van der Waals surface area (Å²) in [5, 5.41) is 4.47. The van der Waals surface area contributed by atoms with E-state index < -0.39 is 58.6 Å². The highest BCUT2D eigenvalue weighted by molar-refractivity contribution is 6.06. The van der Waals surface area contributed by atoms with Crippen LogP contribution in [0.25, 0.3) is 0 Å². The molecule has 6 aromatic rings. The van der Waals surface area contributed by atoms with E-state index in [4.69, 9.17) is 9.47 Å². The lowest BCUT2D eigenvalue weighted by Crippen LogP contribution is -2.14. The quantitative estimate of drug-likeness (QED) is 0.149. The van der Waals surface area contributed by atoms with Crippen LogP contribution >= 0.6 is 0 Å². The number of pyridine rings is 2. The molecule has 6 rings (SSSR count). The van der Waals surface area contributed by atoms with Crippen LogP contribution in [-0.2, 0) is 12.4 Å². The van der Waals surface area contributed by atoms with Gasteiger partial charge in [-0.05, 0) is 84.9 Å². The molecule has 0 fully saturated rings. The molecular weight excluding hydrogens is 766 g/mol. The first-order chi connectivity index (χ1) is 26.5. The maximum Gasteiger partial charge on any atom is 0.416 e. The number of hydrogen-bond donors (Lipinski definition) is 2. The van der Waals surface area contributed by atoms with Crippen LogP contribution in [0, 0.1) is 23.3 Å². The lowest BCUT2D eigenvalue weighted by atomic mass is 10.2. The third-order valence-corrected chi connectivity index (χ3v) is 7.14. The van der Waals surface area contributed by atoms with E-state index in [1.165, 1.54) is 48.8 Å². The molecule has 8 nitrogen and oxygen atoms in total. The Morgan fingerprint density at radius 3 is 1.25 bits per heavy atom. The number of rotatable bonds is 8. The number of nitrogens with one attached hydrogen (secondary N) is 2. The number of aromatic nitrogens is 2. The first-order valence-electron chi connectivity index (χ1n) is 15.6. The number of amides is 2. The molecule has 2 aromatic heterocycles. The molecule has 0 aliphatic rings. The van der Waals surface area contributed by atoms with E-state index in [1.807, 2.05) is 0 Å². The summed E-state index contributed by atoms with van der Waals surface area (Å²) < 4.78 is 141. The predicted octanol–water partition coefficient (Wildman–Crippen LogP) is 10.8. The summed E-state index contributed by atoms with van der Waals surface area (Å²) in [4.78, 5) is 32.5. The standard InChI is InChI=1S/2C19H11F5N2O2/c2*20-12-6-7-16(15(21)10-12)26-17(27)14-5-2-8-25-18(14)28-13-4-1-3-11(9-13)19(22,23)24/h2*1-10H,(H,26,27). The molecule has 288 valence electrons. The van der Waals surface area contributed by atoms with Gasteiger partial charge in [0.1, 0.15) is 45.9 Å². The van der Waals surface area contributed by atoms with Gasteiger partial charge in [-0.15, -0.1) is 0 Å². The van der Waals surface area contributed by atoms with Gasteiger partial charge in [-0.2, -0.15) is 26.3 Å². The number of alkyl halides is 6. The molecule has 0 spiro atoms. The van der Waals surface area contributed by atoms with Crippen LogP contribution in [0.5, 0.6) is 23.3 Å². The highest BCUT2D eigenvalue weighted by Crippen LogP contribution is 2.34. The van der Waals surface area contributed by atoms with Crippen LogP contribution in [0.15, 0.2) is 122 Å². The van der Waals surface area contributed by atoms with Crippen LogP contribution < -0.4 is 20.1 Å². The maximum atomic E-state index is 13.7. The van der Waals surface area contributed by atoms with Gasteiger partial charge in [-0.25, -0.2) is 27.5 Å². The summed E-state index contributed by atoms with van der Waals surface area (Å²) in [5.41, 5.74) is -2.71. The number of anilines is 2. The molecule has 0 unspecified atom stereocenters. The molecule has 0 saturated carbocycles. The van der Waals surface area contributed by atoms with E-state index in [1.54, 1.807) is 0 Å². The molecule has 0 aliphatic heterocycles. The minimum Gasteiger partial charge on any atom is -0.438 e. The Morgan fingerprint density at radius 1 is 0.500 bits per heavy atom. The van der Waals surface area contributed by atoms with Gasteiger partial charge < -0.3 is 20.1 Å². The summed E-state index contributed by atoms with van der Waals surface area (Å²) in [6, 6.07) is 18.7. The van der Waals surface area contributed by atoms with Crippen molar-refractivity contribution in [2.45, 2.75) is 12.4 Å². The van der Waals surface area contributed by atoms with Crippen molar-refractivity contribution in [3.63, 3.8) is 0 Å². The molecule has 2 heterocycles. The molecule has 0 atom stereocenters. The van der Waals surface area contributed by atoms with E-state index in [2.05, 4.69) is 20.6 Å². The topological polar surface area (TPSA) is 102 Å². The Hall–Kier alpha value is -6.98. The van der Waals surface area contributed by atoms with Crippen molar-refractivity contribution in [1.29, 1.82) is 0 Å². The van der Waals surface area contributed by atoms with E-state index in [-0.39, 0.29) is 45.8 Å². The van der Waals surface area contributed by atoms with E-state index >= 15 is 0 Å². The van der Waals surface area contributed by atoms with Crippen molar-refractivity contribution >= 4 is 23.2 Å². The lowest BCUT2D eigenvalue weighted by Gasteiger charge is -2.12. The van der Waals surface area contributed by atoms with Crippen molar-refractivity contribution in [2.75, 3.05) is 10.6 Å². The Kier molecular flexibility index (Phi) is 12.2. The molecular formula is C38H22F10N4O4. The zero-order chi connectivity index (χ0) is 40.6. The Morgan fingerprint density at radius 2 is 0.893 bits per heavy atom. The van der Waals surface area contributed by atoms with Gasteiger partial charge in [-0.1, -0.05) is 12.1 Å². The zero-order valence-corrected chi connectivity index (χ0v) is 27.9. The third kappa shape index (κ3) is 10.6. The van der Waals surface area contributed by atoms with Crippen LogP contribution in [0.4, 0.5) is 55.3 Å². The maximum absolute atomic E-state index is 13.7. The van der Waals surface area contributed by atoms with Crippen LogP contribution in [0.3, 0.4) is 0 Å². The average molecular weight is 789 g/mol. The summed E-state index contributed by atoms with van der Waals surface area (Å²) in [7, 11) is 0. The van der Waals surface area contributed by atoms with Crippen molar-refractivity contribution < 1.29 is 63.0 Å². The van der Waals surface area contributed by atoms with Gasteiger partial charge >= 0.3 is 12.4 Å². The number of benzene rings is 4. The SMILES string of the molecule is O=C(Nc1ccc(F)cc1F)c1cccnc1Oc1cccc(C(F)(F)F)c1.O=C(Nc1ccc(F)cc1F)c1cccnc1Oc1cccc(C(F)(F)F)c1. The predicted molar refractivity (Wildman–Crippen MR) is 180 cm³/mol. The van der Waals surface area contributed by atoms with Crippen molar-refractivity contribution in [3.05, 3.63) is 167 Å². The third-order valence-electron chi connectivity index (χ3n) is 7.14. The number of ether oxygens (including phenoxy) is 2.